The van der Waals surface area contributed by atoms with Crippen molar-refractivity contribution in [1.29, 1.82) is 0 Å². The van der Waals surface area contributed by atoms with Crippen LogP contribution in [0.15, 0.2) is 24.3 Å². The lowest BCUT2D eigenvalue weighted by atomic mass is 10.1. The topological polar surface area (TPSA) is 64.3 Å². The molecule has 0 radical (unpaired) electrons. The van der Waals surface area contributed by atoms with Crippen LogP contribution in [0.25, 0.3) is 0 Å². The third-order valence-corrected chi connectivity index (χ3v) is 2.99. The minimum atomic E-state index is 0.0822. The van der Waals surface area contributed by atoms with Gasteiger partial charge in [0.25, 0.3) is 0 Å². The summed E-state index contributed by atoms with van der Waals surface area (Å²) in [6.07, 6.45) is 2.17. The van der Waals surface area contributed by atoms with Gasteiger partial charge >= 0.3 is 0 Å². The first-order valence-corrected chi connectivity index (χ1v) is 5.87. The molecule has 17 heavy (non-hydrogen) atoms. The number of hydrogen-bond donors (Lipinski definition) is 2. The summed E-state index contributed by atoms with van der Waals surface area (Å²) >= 11 is 0. The van der Waals surface area contributed by atoms with E-state index < -0.39 is 0 Å². The Hall–Kier alpha value is -1.55. The lowest BCUT2D eigenvalue weighted by Gasteiger charge is -2.05. The lowest BCUT2D eigenvalue weighted by Crippen LogP contribution is -2.29. The molecule has 0 spiro atoms. The second-order valence-corrected chi connectivity index (χ2v) is 4.42. The van der Waals surface area contributed by atoms with Crippen LogP contribution in [-0.4, -0.2) is 25.1 Å². The van der Waals surface area contributed by atoms with Gasteiger partial charge in [-0.15, -0.1) is 0 Å². The number of rotatable bonds is 5. The van der Waals surface area contributed by atoms with Gasteiger partial charge in [0.15, 0.2) is 0 Å². The zero-order valence-electron chi connectivity index (χ0n) is 9.98. The third-order valence-electron chi connectivity index (χ3n) is 2.99. The minimum Gasteiger partial charge on any atom is -0.497 e. The summed E-state index contributed by atoms with van der Waals surface area (Å²) in [6.45, 7) is 0. The molecule has 0 heterocycles. The largest absolute Gasteiger partial charge is 0.497 e. The quantitative estimate of drug-likeness (QED) is 0.793. The van der Waals surface area contributed by atoms with E-state index in [0.717, 1.165) is 24.2 Å². The summed E-state index contributed by atoms with van der Waals surface area (Å²) in [5, 5.41) is 2.91. The van der Waals surface area contributed by atoms with E-state index in [1.165, 1.54) is 0 Å². The van der Waals surface area contributed by atoms with Crippen molar-refractivity contribution in [3.63, 3.8) is 0 Å². The van der Waals surface area contributed by atoms with Crippen molar-refractivity contribution in [3.8, 4) is 5.75 Å². The first-order valence-electron chi connectivity index (χ1n) is 5.87. The predicted octanol–water partition coefficient (Wildman–Crippen LogP) is 0.844. The van der Waals surface area contributed by atoms with Gasteiger partial charge in [0.1, 0.15) is 5.75 Å². The Bertz CT molecular complexity index is 389. The monoisotopic (exact) mass is 234 g/mol. The average molecular weight is 234 g/mol. The number of aryl methyl sites for hydroxylation is 1. The SMILES string of the molecule is COc1ccc(CCC(=O)NC2CC2N)cc1. The highest BCUT2D eigenvalue weighted by atomic mass is 16.5. The Kier molecular flexibility index (Phi) is 3.64. The normalized spacial score (nSPS) is 22.0. The van der Waals surface area contributed by atoms with Crippen molar-refractivity contribution in [2.45, 2.75) is 31.3 Å². The lowest BCUT2D eigenvalue weighted by molar-refractivity contribution is -0.121. The van der Waals surface area contributed by atoms with Crippen LogP contribution in [0.3, 0.4) is 0 Å². The van der Waals surface area contributed by atoms with Crippen LogP contribution in [-0.2, 0) is 11.2 Å². The maximum atomic E-state index is 11.5. The molecule has 4 nitrogen and oxygen atoms in total. The van der Waals surface area contributed by atoms with Gasteiger partial charge in [0.05, 0.1) is 7.11 Å². The molecule has 2 unspecified atom stereocenters. The van der Waals surface area contributed by atoms with E-state index in [1.54, 1.807) is 7.11 Å². The van der Waals surface area contributed by atoms with Crippen molar-refractivity contribution in [1.82, 2.24) is 5.32 Å². The Morgan fingerprint density at radius 3 is 2.65 bits per heavy atom. The predicted molar refractivity (Wildman–Crippen MR) is 65.8 cm³/mol. The molecule has 3 N–H and O–H groups in total. The molecule has 2 atom stereocenters. The fourth-order valence-electron chi connectivity index (χ4n) is 1.71. The van der Waals surface area contributed by atoms with Gasteiger partial charge in [0.2, 0.25) is 5.91 Å². The number of nitrogens with one attached hydrogen (secondary N) is 1. The molecule has 1 fully saturated rings. The number of methoxy groups -OCH3 is 1. The maximum absolute atomic E-state index is 11.5. The number of carbonyl (C=O) groups excluding carboxylic acids is 1. The van der Waals surface area contributed by atoms with Crippen LogP contribution in [0, 0.1) is 0 Å². The molecule has 1 aliphatic carbocycles. The van der Waals surface area contributed by atoms with E-state index in [2.05, 4.69) is 5.32 Å². The highest BCUT2D eigenvalue weighted by Crippen LogP contribution is 2.18. The number of hydrogen-bond acceptors (Lipinski definition) is 3. The van der Waals surface area contributed by atoms with Gasteiger partial charge in [-0.1, -0.05) is 12.1 Å². The number of carbonyl (C=O) groups is 1. The fourth-order valence-corrected chi connectivity index (χ4v) is 1.71. The zero-order valence-corrected chi connectivity index (χ0v) is 9.98. The molecule has 0 aromatic heterocycles. The van der Waals surface area contributed by atoms with Crippen molar-refractivity contribution in [2.24, 2.45) is 5.73 Å². The number of ether oxygens (including phenoxy) is 1. The van der Waals surface area contributed by atoms with Gasteiger partial charge < -0.3 is 15.8 Å². The van der Waals surface area contributed by atoms with E-state index in [0.29, 0.717) is 6.42 Å². The van der Waals surface area contributed by atoms with Crippen molar-refractivity contribution >= 4 is 5.91 Å². The van der Waals surface area contributed by atoms with Crippen LogP contribution < -0.4 is 15.8 Å². The molecule has 1 aliphatic rings. The highest BCUT2D eigenvalue weighted by molar-refractivity contribution is 5.77. The number of benzene rings is 1. The van der Waals surface area contributed by atoms with E-state index in [-0.39, 0.29) is 18.0 Å². The van der Waals surface area contributed by atoms with Crippen LogP contribution in [0.2, 0.25) is 0 Å². The standard InChI is InChI=1S/C13H18N2O2/c1-17-10-5-2-9(3-6-10)4-7-13(16)15-12-8-11(12)14/h2-3,5-6,11-12H,4,7-8,14H2,1H3,(H,15,16). The minimum absolute atomic E-state index is 0.0822. The summed E-state index contributed by atoms with van der Waals surface area (Å²) in [7, 11) is 1.64. The molecule has 2 rings (SSSR count). The smallest absolute Gasteiger partial charge is 0.220 e. The Morgan fingerprint density at radius 1 is 1.47 bits per heavy atom. The Labute approximate surface area is 101 Å². The van der Waals surface area contributed by atoms with Crippen LogP contribution in [0.4, 0.5) is 0 Å². The van der Waals surface area contributed by atoms with Crippen molar-refractivity contribution < 1.29 is 9.53 Å². The van der Waals surface area contributed by atoms with Crippen molar-refractivity contribution in [3.05, 3.63) is 29.8 Å². The maximum Gasteiger partial charge on any atom is 0.220 e. The first kappa shape index (κ1) is 11.9. The molecule has 1 saturated carbocycles. The Morgan fingerprint density at radius 2 is 2.12 bits per heavy atom. The summed E-state index contributed by atoms with van der Waals surface area (Å²) in [5.74, 6) is 0.918. The number of nitrogens with two attached hydrogens (primary N) is 1. The summed E-state index contributed by atoms with van der Waals surface area (Å²) in [5.41, 5.74) is 6.77. The van der Waals surface area contributed by atoms with E-state index in [1.807, 2.05) is 24.3 Å². The molecule has 0 saturated heterocycles. The number of amides is 1. The molecule has 1 aromatic carbocycles. The highest BCUT2D eigenvalue weighted by Gasteiger charge is 2.34. The molecule has 0 bridgehead atoms. The molecule has 0 aliphatic heterocycles. The summed E-state index contributed by atoms with van der Waals surface area (Å²) < 4.78 is 5.07. The van der Waals surface area contributed by atoms with E-state index in [4.69, 9.17) is 10.5 Å². The Balaban J connectivity index is 1.74. The molecule has 1 aromatic rings. The van der Waals surface area contributed by atoms with Crippen LogP contribution in [0.5, 0.6) is 5.75 Å². The molecule has 4 heteroatoms. The van der Waals surface area contributed by atoms with Gasteiger partial charge in [-0.2, -0.15) is 0 Å². The molecular formula is C13H18N2O2. The van der Waals surface area contributed by atoms with Gasteiger partial charge in [-0.05, 0) is 30.5 Å². The van der Waals surface area contributed by atoms with E-state index in [9.17, 15) is 4.79 Å². The summed E-state index contributed by atoms with van der Waals surface area (Å²) in [6, 6.07) is 8.15. The fraction of sp³-hybridized carbons (Fsp3) is 0.462. The second-order valence-electron chi connectivity index (χ2n) is 4.42. The first-order chi connectivity index (χ1) is 8.19. The van der Waals surface area contributed by atoms with Gasteiger partial charge in [-0.3, -0.25) is 4.79 Å². The van der Waals surface area contributed by atoms with Gasteiger partial charge in [-0.25, -0.2) is 0 Å². The van der Waals surface area contributed by atoms with Crippen molar-refractivity contribution in [2.75, 3.05) is 7.11 Å². The average Bonchev–Trinajstić information content (AvgIpc) is 3.03. The summed E-state index contributed by atoms with van der Waals surface area (Å²) in [4.78, 5) is 11.5. The van der Waals surface area contributed by atoms with Gasteiger partial charge in [0, 0.05) is 18.5 Å². The molecular weight excluding hydrogens is 216 g/mol. The van der Waals surface area contributed by atoms with E-state index >= 15 is 0 Å². The van der Waals surface area contributed by atoms with Crippen LogP contribution in [0.1, 0.15) is 18.4 Å². The van der Waals surface area contributed by atoms with Crippen LogP contribution >= 0.6 is 0 Å². The second kappa shape index (κ2) is 5.19. The molecule has 92 valence electrons. The third kappa shape index (κ3) is 3.46. The molecule has 1 amide bonds. The zero-order chi connectivity index (χ0) is 12.3.